The van der Waals surface area contributed by atoms with Gasteiger partial charge in [-0.2, -0.15) is 0 Å². The molecule has 1 fully saturated rings. The van der Waals surface area contributed by atoms with Gasteiger partial charge in [0.25, 0.3) is 0 Å². The molecule has 0 aliphatic carbocycles. The van der Waals surface area contributed by atoms with E-state index in [1.54, 1.807) is 0 Å². The summed E-state index contributed by atoms with van der Waals surface area (Å²) >= 11 is 1.22. The Morgan fingerprint density at radius 1 is 1.61 bits per heavy atom. The highest BCUT2D eigenvalue weighted by Gasteiger charge is 2.27. The highest BCUT2D eigenvalue weighted by atomic mass is 32.1. The molecule has 0 saturated carbocycles. The standard InChI is InChI=1S/C11H14N2O4S/c1-6-2-3-8(17-6)10(14)12-4-9-13-7(5-18-9)11(15)16/h5-6,8H,2-4H2,1H3,(H,12,14)(H,15,16)/t6-,8+/m1/s1. The Balaban J connectivity index is 1.83. The van der Waals surface area contributed by atoms with Gasteiger partial charge in [0.1, 0.15) is 11.1 Å². The van der Waals surface area contributed by atoms with Gasteiger partial charge in [-0.25, -0.2) is 9.78 Å². The average Bonchev–Trinajstić information content (AvgIpc) is 2.94. The lowest BCUT2D eigenvalue weighted by molar-refractivity contribution is -0.131. The van der Waals surface area contributed by atoms with Crippen molar-refractivity contribution in [2.75, 3.05) is 0 Å². The van der Waals surface area contributed by atoms with Crippen molar-refractivity contribution in [1.82, 2.24) is 10.3 Å². The van der Waals surface area contributed by atoms with Crippen LogP contribution in [-0.2, 0) is 16.1 Å². The van der Waals surface area contributed by atoms with Crippen LogP contribution >= 0.6 is 11.3 Å². The Morgan fingerprint density at radius 2 is 2.39 bits per heavy atom. The first kappa shape index (κ1) is 13.0. The van der Waals surface area contributed by atoms with Gasteiger partial charge in [-0.05, 0) is 19.8 Å². The number of nitrogens with zero attached hydrogens (tertiary/aromatic N) is 1. The minimum atomic E-state index is -1.06. The van der Waals surface area contributed by atoms with Gasteiger partial charge in [0.2, 0.25) is 5.91 Å². The number of amides is 1. The smallest absolute Gasteiger partial charge is 0.355 e. The van der Waals surface area contributed by atoms with Gasteiger partial charge in [0.05, 0.1) is 12.6 Å². The number of nitrogens with one attached hydrogen (secondary N) is 1. The summed E-state index contributed by atoms with van der Waals surface area (Å²) in [6.07, 6.45) is 1.35. The van der Waals surface area contributed by atoms with Gasteiger partial charge >= 0.3 is 5.97 Å². The van der Waals surface area contributed by atoms with Crippen LogP contribution in [0.25, 0.3) is 0 Å². The highest BCUT2D eigenvalue weighted by Crippen LogP contribution is 2.19. The molecular weight excluding hydrogens is 256 g/mol. The summed E-state index contributed by atoms with van der Waals surface area (Å²) in [7, 11) is 0. The number of hydrogen-bond donors (Lipinski definition) is 2. The van der Waals surface area contributed by atoms with Crippen molar-refractivity contribution in [1.29, 1.82) is 0 Å². The Bertz CT molecular complexity index is 460. The van der Waals surface area contributed by atoms with E-state index in [4.69, 9.17) is 9.84 Å². The molecule has 2 rings (SSSR count). The predicted octanol–water partition coefficient (Wildman–Crippen LogP) is 1.02. The molecule has 0 spiro atoms. The molecule has 7 heteroatoms. The number of carboxylic acids is 1. The van der Waals surface area contributed by atoms with E-state index in [-0.39, 0.29) is 30.4 Å². The second-order valence-electron chi connectivity index (χ2n) is 4.16. The van der Waals surface area contributed by atoms with Crippen LogP contribution in [0, 0.1) is 0 Å². The molecule has 0 radical (unpaired) electrons. The molecule has 0 unspecified atom stereocenters. The Kier molecular flexibility index (Phi) is 3.93. The second kappa shape index (κ2) is 5.45. The van der Waals surface area contributed by atoms with Gasteiger partial charge in [0.15, 0.2) is 5.69 Å². The van der Waals surface area contributed by atoms with Crippen LogP contribution in [0.5, 0.6) is 0 Å². The van der Waals surface area contributed by atoms with E-state index in [9.17, 15) is 9.59 Å². The minimum absolute atomic E-state index is 0.00925. The van der Waals surface area contributed by atoms with Gasteiger partial charge in [-0.3, -0.25) is 4.79 Å². The molecule has 98 valence electrons. The summed E-state index contributed by atoms with van der Waals surface area (Å²) in [4.78, 5) is 26.3. The Labute approximate surface area is 108 Å². The topological polar surface area (TPSA) is 88.5 Å². The predicted molar refractivity (Wildman–Crippen MR) is 64.5 cm³/mol. The molecule has 18 heavy (non-hydrogen) atoms. The molecule has 2 heterocycles. The number of carboxylic acid groups (broad SMARTS) is 1. The van der Waals surface area contributed by atoms with Crippen molar-refractivity contribution in [3.63, 3.8) is 0 Å². The molecule has 1 aliphatic heterocycles. The SMILES string of the molecule is C[C@@H]1CC[C@@H](C(=O)NCc2nc(C(=O)O)cs2)O1. The maximum atomic E-state index is 11.7. The number of thiazole rings is 1. The third-order valence-electron chi connectivity index (χ3n) is 2.71. The lowest BCUT2D eigenvalue weighted by Crippen LogP contribution is -2.34. The van der Waals surface area contributed by atoms with E-state index in [1.165, 1.54) is 16.7 Å². The van der Waals surface area contributed by atoms with Gasteiger partial charge in [0, 0.05) is 5.38 Å². The van der Waals surface area contributed by atoms with Crippen molar-refractivity contribution < 1.29 is 19.4 Å². The van der Waals surface area contributed by atoms with E-state index in [1.807, 2.05) is 6.92 Å². The zero-order valence-electron chi connectivity index (χ0n) is 9.88. The fraction of sp³-hybridized carbons (Fsp3) is 0.545. The molecule has 1 aliphatic rings. The summed E-state index contributed by atoms with van der Waals surface area (Å²) in [6.45, 7) is 2.18. The summed E-state index contributed by atoms with van der Waals surface area (Å²) in [5.41, 5.74) is 0.00925. The van der Waals surface area contributed by atoms with E-state index in [0.29, 0.717) is 5.01 Å². The van der Waals surface area contributed by atoms with E-state index >= 15 is 0 Å². The van der Waals surface area contributed by atoms with E-state index in [2.05, 4.69) is 10.3 Å². The monoisotopic (exact) mass is 270 g/mol. The number of aromatic nitrogens is 1. The van der Waals surface area contributed by atoms with Crippen molar-refractivity contribution >= 4 is 23.2 Å². The summed E-state index contributed by atoms with van der Waals surface area (Å²) < 4.78 is 5.43. The lowest BCUT2D eigenvalue weighted by atomic mass is 10.2. The van der Waals surface area contributed by atoms with Crippen LogP contribution in [0.3, 0.4) is 0 Å². The lowest BCUT2D eigenvalue weighted by Gasteiger charge is -2.10. The maximum absolute atomic E-state index is 11.7. The first-order valence-electron chi connectivity index (χ1n) is 5.67. The maximum Gasteiger partial charge on any atom is 0.355 e. The fourth-order valence-electron chi connectivity index (χ4n) is 1.76. The summed E-state index contributed by atoms with van der Waals surface area (Å²) in [5, 5.41) is 13.5. The average molecular weight is 270 g/mol. The van der Waals surface area contributed by atoms with Gasteiger partial charge in [-0.15, -0.1) is 11.3 Å². The number of rotatable bonds is 4. The van der Waals surface area contributed by atoms with Crippen molar-refractivity contribution in [3.05, 3.63) is 16.1 Å². The second-order valence-corrected chi connectivity index (χ2v) is 5.10. The van der Waals surface area contributed by atoms with Gasteiger partial charge in [-0.1, -0.05) is 0 Å². The number of carbonyl (C=O) groups is 2. The number of hydrogen-bond acceptors (Lipinski definition) is 5. The highest BCUT2D eigenvalue weighted by molar-refractivity contribution is 7.09. The number of carbonyl (C=O) groups excluding carboxylic acids is 1. The molecule has 1 aromatic rings. The largest absolute Gasteiger partial charge is 0.476 e. The fourth-order valence-corrected chi connectivity index (χ4v) is 2.47. The van der Waals surface area contributed by atoms with Crippen LogP contribution in [0.1, 0.15) is 35.3 Å². The Hall–Kier alpha value is -1.47. The summed E-state index contributed by atoms with van der Waals surface area (Å²) in [6, 6.07) is 0. The zero-order chi connectivity index (χ0) is 13.1. The van der Waals surface area contributed by atoms with Crippen LogP contribution < -0.4 is 5.32 Å². The van der Waals surface area contributed by atoms with E-state index < -0.39 is 5.97 Å². The molecule has 6 nitrogen and oxygen atoms in total. The molecule has 2 N–H and O–H groups in total. The minimum Gasteiger partial charge on any atom is -0.476 e. The number of ether oxygens (including phenoxy) is 1. The molecule has 0 aromatic carbocycles. The Morgan fingerprint density at radius 3 is 2.94 bits per heavy atom. The third-order valence-corrected chi connectivity index (χ3v) is 3.56. The summed E-state index contributed by atoms with van der Waals surface area (Å²) in [5.74, 6) is -1.22. The van der Waals surface area contributed by atoms with Crippen LogP contribution in [-0.4, -0.2) is 34.2 Å². The van der Waals surface area contributed by atoms with Crippen LogP contribution in [0.15, 0.2) is 5.38 Å². The zero-order valence-corrected chi connectivity index (χ0v) is 10.7. The van der Waals surface area contributed by atoms with Crippen molar-refractivity contribution in [2.24, 2.45) is 0 Å². The van der Waals surface area contributed by atoms with Crippen LogP contribution in [0.4, 0.5) is 0 Å². The van der Waals surface area contributed by atoms with Gasteiger partial charge < -0.3 is 15.2 Å². The first-order valence-corrected chi connectivity index (χ1v) is 6.55. The molecule has 0 bridgehead atoms. The van der Waals surface area contributed by atoms with Crippen molar-refractivity contribution in [2.45, 2.75) is 38.5 Å². The molecule has 2 atom stereocenters. The normalized spacial score (nSPS) is 22.9. The molecule has 1 amide bonds. The first-order chi connectivity index (χ1) is 8.56. The molecular formula is C11H14N2O4S. The van der Waals surface area contributed by atoms with Crippen molar-refractivity contribution in [3.8, 4) is 0 Å². The van der Waals surface area contributed by atoms with E-state index in [0.717, 1.165) is 12.8 Å². The molecule has 1 saturated heterocycles. The quantitative estimate of drug-likeness (QED) is 0.853. The van der Waals surface area contributed by atoms with Crippen LogP contribution in [0.2, 0.25) is 0 Å². The third kappa shape index (κ3) is 3.05. The number of aromatic carboxylic acids is 1. The molecule has 1 aromatic heterocycles.